The van der Waals surface area contributed by atoms with Crippen molar-refractivity contribution in [3.8, 4) is 0 Å². The first kappa shape index (κ1) is 16.3. The minimum Gasteiger partial charge on any atom is -0.385 e. The third-order valence-electron chi connectivity index (χ3n) is 2.63. The van der Waals surface area contributed by atoms with Gasteiger partial charge < -0.3 is 14.8 Å². The zero-order valence-electron chi connectivity index (χ0n) is 12.0. The molecule has 0 amide bonds. The molecule has 0 radical (unpaired) electrons. The van der Waals surface area contributed by atoms with Crippen LogP contribution in [0.3, 0.4) is 0 Å². The van der Waals surface area contributed by atoms with Gasteiger partial charge in [-0.15, -0.1) is 0 Å². The number of anilines is 1. The summed E-state index contributed by atoms with van der Waals surface area (Å²) in [5.41, 5.74) is 2.37. The standard InChI is InChI=1S/C15H25NO2S/c1-3-19-11-5-8-16-15-7-4-6-14(12-15)13-18-10-9-17-2/h4,6-7,12,16H,3,5,8-11,13H2,1-2H3. The summed E-state index contributed by atoms with van der Waals surface area (Å²) in [7, 11) is 1.69. The molecule has 0 saturated heterocycles. The summed E-state index contributed by atoms with van der Waals surface area (Å²) in [6.45, 7) is 5.16. The number of hydrogen-bond acceptors (Lipinski definition) is 4. The Labute approximate surface area is 121 Å². The third kappa shape index (κ3) is 8.14. The SMILES string of the molecule is CCSCCCNc1cccc(COCCOC)c1. The Hall–Kier alpha value is -0.710. The van der Waals surface area contributed by atoms with Crippen LogP contribution < -0.4 is 5.32 Å². The summed E-state index contributed by atoms with van der Waals surface area (Å²) in [6.07, 6.45) is 1.20. The summed E-state index contributed by atoms with van der Waals surface area (Å²) < 4.78 is 10.5. The average Bonchev–Trinajstić information content (AvgIpc) is 2.44. The molecule has 1 N–H and O–H groups in total. The topological polar surface area (TPSA) is 30.5 Å². The van der Waals surface area contributed by atoms with E-state index in [0.29, 0.717) is 19.8 Å². The number of hydrogen-bond donors (Lipinski definition) is 1. The van der Waals surface area contributed by atoms with Gasteiger partial charge in [0.1, 0.15) is 0 Å². The van der Waals surface area contributed by atoms with Gasteiger partial charge in [0.25, 0.3) is 0 Å². The number of rotatable bonds is 11. The zero-order chi connectivity index (χ0) is 13.8. The molecule has 0 spiro atoms. The lowest BCUT2D eigenvalue weighted by Crippen LogP contribution is -2.04. The molecule has 0 unspecified atom stereocenters. The molecule has 0 bridgehead atoms. The number of ether oxygens (including phenoxy) is 2. The van der Waals surface area contributed by atoms with Gasteiger partial charge in [-0.05, 0) is 35.6 Å². The molecule has 0 aliphatic heterocycles. The van der Waals surface area contributed by atoms with Crippen molar-refractivity contribution in [1.29, 1.82) is 0 Å². The predicted octanol–water partition coefficient (Wildman–Crippen LogP) is 3.40. The molecule has 1 aromatic rings. The summed E-state index contributed by atoms with van der Waals surface area (Å²) in [5, 5.41) is 3.45. The first-order valence-corrected chi connectivity index (χ1v) is 7.99. The molecule has 0 saturated carbocycles. The van der Waals surface area contributed by atoms with Crippen LogP contribution in [0, 0.1) is 0 Å². The summed E-state index contributed by atoms with van der Waals surface area (Å²) in [6, 6.07) is 8.41. The van der Waals surface area contributed by atoms with Gasteiger partial charge in [-0.25, -0.2) is 0 Å². The highest BCUT2D eigenvalue weighted by atomic mass is 32.2. The number of methoxy groups -OCH3 is 1. The summed E-state index contributed by atoms with van der Waals surface area (Å²) in [5.74, 6) is 2.43. The maximum Gasteiger partial charge on any atom is 0.0718 e. The highest BCUT2D eigenvalue weighted by molar-refractivity contribution is 7.99. The van der Waals surface area contributed by atoms with E-state index in [-0.39, 0.29) is 0 Å². The summed E-state index contributed by atoms with van der Waals surface area (Å²) >= 11 is 1.99. The van der Waals surface area contributed by atoms with Crippen molar-refractivity contribution in [2.75, 3.05) is 43.7 Å². The second kappa shape index (κ2) is 11.1. The van der Waals surface area contributed by atoms with Crippen LogP contribution in [0.2, 0.25) is 0 Å². The molecule has 3 nitrogen and oxygen atoms in total. The van der Waals surface area contributed by atoms with E-state index >= 15 is 0 Å². The molecular formula is C15H25NO2S. The Morgan fingerprint density at radius 3 is 2.95 bits per heavy atom. The Kier molecular flexibility index (Phi) is 9.59. The largest absolute Gasteiger partial charge is 0.385 e. The first-order chi connectivity index (χ1) is 9.36. The average molecular weight is 283 g/mol. The van der Waals surface area contributed by atoms with Crippen LogP contribution in [0.15, 0.2) is 24.3 Å². The van der Waals surface area contributed by atoms with Gasteiger partial charge in [0.15, 0.2) is 0 Å². The van der Waals surface area contributed by atoms with E-state index in [0.717, 1.165) is 6.54 Å². The monoisotopic (exact) mass is 283 g/mol. The Bertz CT molecular complexity index is 334. The number of benzene rings is 1. The molecule has 0 fully saturated rings. The van der Waals surface area contributed by atoms with Crippen LogP contribution in [0.5, 0.6) is 0 Å². The molecular weight excluding hydrogens is 258 g/mol. The van der Waals surface area contributed by atoms with Gasteiger partial charge in [-0.2, -0.15) is 11.8 Å². The van der Waals surface area contributed by atoms with Gasteiger partial charge in [-0.1, -0.05) is 19.1 Å². The first-order valence-electron chi connectivity index (χ1n) is 6.84. The van der Waals surface area contributed by atoms with Crippen molar-refractivity contribution in [2.45, 2.75) is 20.0 Å². The molecule has 0 heterocycles. The molecule has 19 heavy (non-hydrogen) atoms. The van der Waals surface area contributed by atoms with E-state index < -0.39 is 0 Å². The van der Waals surface area contributed by atoms with Gasteiger partial charge in [0.2, 0.25) is 0 Å². The normalized spacial score (nSPS) is 10.6. The zero-order valence-corrected chi connectivity index (χ0v) is 12.8. The lowest BCUT2D eigenvalue weighted by molar-refractivity contribution is 0.0617. The Morgan fingerprint density at radius 1 is 1.26 bits per heavy atom. The van der Waals surface area contributed by atoms with Crippen molar-refractivity contribution in [3.63, 3.8) is 0 Å². The van der Waals surface area contributed by atoms with E-state index in [1.54, 1.807) is 7.11 Å². The van der Waals surface area contributed by atoms with E-state index in [1.165, 1.54) is 29.2 Å². The van der Waals surface area contributed by atoms with Crippen molar-refractivity contribution in [2.24, 2.45) is 0 Å². The minimum atomic E-state index is 0.641. The van der Waals surface area contributed by atoms with Crippen LogP contribution in [0.25, 0.3) is 0 Å². The van der Waals surface area contributed by atoms with Crippen molar-refractivity contribution in [3.05, 3.63) is 29.8 Å². The molecule has 108 valence electrons. The minimum absolute atomic E-state index is 0.641. The number of thioether (sulfide) groups is 1. The van der Waals surface area contributed by atoms with Gasteiger partial charge in [0.05, 0.1) is 19.8 Å². The molecule has 4 heteroatoms. The van der Waals surface area contributed by atoms with E-state index in [2.05, 4.69) is 36.5 Å². The van der Waals surface area contributed by atoms with E-state index in [4.69, 9.17) is 9.47 Å². The van der Waals surface area contributed by atoms with Crippen molar-refractivity contribution >= 4 is 17.4 Å². The smallest absolute Gasteiger partial charge is 0.0718 e. The molecule has 0 atom stereocenters. The van der Waals surface area contributed by atoms with Crippen molar-refractivity contribution < 1.29 is 9.47 Å². The molecule has 1 rings (SSSR count). The molecule has 0 aliphatic carbocycles. The van der Waals surface area contributed by atoms with Crippen LogP contribution in [0.4, 0.5) is 5.69 Å². The number of nitrogens with one attached hydrogen (secondary N) is 1. The van der Waals surface area contributed by atoms with Gasteiger partial charge in [0, 0.05) is 19.3 Å². The van der Waals surface area contributed by atoms with E-state index in [1.807, 2.05) is 11.8 Å². The Morgan fingerprint density at radius 2 is 2.16 bits per heavy atom. The van der Waals surface area contributed by atoms with E-state index in [9.17, 15) is 0 Å². The quantitative estimate of drug-likeness (QED) is 0.631. The fourth-order valence-electron chi connectivity index (χ4n) is 1.65. The second-order valence-electron chi connectivity index (χ2n) is 4.22. The highest BCUT2D eigenvalue weighted by Gasteiger charge is 1.96. The fourth-order valence-corrected chi connectivity index (χ4v) is 2.29. The van der Waals surface area contributed by atoms with Crippen LogP contribution in [-0.2, 0) is 16.1 Å². The van der Waals surface area contributed by atoms with Gasteiger partial charge >= 0.3 is 0 Å². The maximum absolute atomic E-state index is 5.52. The van der Waals surface area contributed by atoms with Crippen LogP contribution in [0.1, 0.15) is 18.9 Å². The van der Waals surface area contributed by atoms with Crippen molar-refractivity contribution in [1.82, 2.24) is 0 Å². The molecule has 0 aromatic heterocycles. The Balaban J connectivity index is 2.23. The molecule has 1 aromatic carbocycles. The lowest BCUT2D eigenvalue weighted by Gasteiger charge is -2.09. The predicted molar refractivity (Wildman–Crippen MR) is 84.1 cm³/mol. The molecule has 0 aliphatic rings. The maximum atomic E-state index is 5.52. The summed E-state index contributed by atoms with van der Waals surface area (Å²) in [4.78, 5) is 0. The van der Waals surface area contributed by atoms with Crippen LogP contribution >= 0.6 is 11.8 Å². The lowest BCUT2D eigenvalue weighted by atomic mass is 10.2. The van der Waals surface area contributed by atoms with Gasteiger partial charge in [-0.3, -0.25) is 0 Å². The highest BCUT2D eigenvalue weighted by Crippen LogP contribution is 2.12. The fraction of sp³-hybridized carbons (Fsp3) is 0.600. The third-order valence-corrected chi connectivity index (χ3v) is 3.61. The second-order valence-corrected chi connectivity index (χ2v) is 5.62. The van der Waals surface area contributed by atoms with Crippen LogP contribution in [-0.4, -0.2) is 38.4 Å².